The summed E-state index contributed by atoms with van der Waals surface area (Å²) in [4.78, 5) is 14.4. The summed E-state index contributed by atoms with van der Waals surface area (Å²) in [6, 6.07) is 0.0482. The topological polar surface area (TPSA) is 32.3 Å². The molecule has 2 aliphatic rings. The van der Waals surface area contributed by atoms with Gasteiger partial charge >= 0.3 is 6.18 Å². The lowest BCUT2D eigenvalue weighted by molar-refractivity contribution is -0.201. The molecule has 1 N–H and O–H groups in total. The van der Waals surface area contributed by atoms with Crippen LogP contribution in [-0.2, 0) is 4.79 Å². The highest BCUT2D eigenvalue weighted by Gasteiger charge is 2.49. The van der Waals surface area contributed by atoms with E-state index in [2.05, 4.69) is 5.32 Å². The summed E-state index contributed by atoms with van der Waals surface area (Å²) in [7, 11) is 0. The highest BCUT2D eigenvalue weighted by molar-refractivity contribution is 5.79. The minimum Gasteiger partial charge on any atom is -0.338 e. The Morgan fingerprint density at radius 1 is 1.19 bits per heavy atom. The summed E-state index contributed by atoms with van der Waals surface area (Å²) in [5.41, 5.74) is 0. The Hall–Kier alpha value is -0.780. The van der Waals surface area contributed by atoms with Gasteiger partial charge in [-0.1, -0.05) is 12.8 Å². The first-order chi connectivity index (χ1) is 9.95. The molecule has 1 heterocycles. The molecule has 21 heavy (non-hydrogen) atoms. The molecular formula is C15H25F3N2O. The summed E-state index contributed by atoms with van der Waals surface area (Å²) in [6.07, 6.45) is -0.628. The maximum absolute atomic E-state index is 13.2. The lowest BCUT2D eigenvalue weighted by Gasteiger charge is -2.39. The number of piperidine rings is 1. The van der Waals surface area contributed by atoms with Gasteiger partial charge in [0.15, 0.2) is 0 Å². The molecule has 0 aromatic heterocycles. The standard InChI is InChI=1S/C15H25F3N2O/c1-2-20(11-6-5-9-19-10-11)14(21)12-7-3-4-8-13(12)15(16,17)18/h11-13,19H,2-10H2,1H3. The molecule has 0 bridgehead atoms. The number of hydrogen-bond donors (Lipinski definition) is 1. The van der Waals surface area contributed by atoms with Crippen molar-refractivity contribution in [1.29, 1.82) is 0 Å². The Kier molecular flexibility index (Phi) is 5.52. The summed E-state index contributed by atoms with van der Waals surface area (Å²) >= 11 is 0. The quantitative estimate of drug-likeness (QED) is 0.869. The van der Waals surface area contributed by atoms with Gasteiger partial charge in [0.25, 0.3) is 0 Å². The van der Waals surface area contributed by atoms with Crippen LogP contribution in [0.3, 0.4) is 0 Å². The fourth-order valence-electron chi connectivity index (χ4n) is 3.72. The maximum Gasteiger partial charge on any atom is 0.392 e. The van der Waals surface area contributed by atoms with Crippen molar-refractivity contribution in [3.63, 3.8) is 0 Å². The molecule has 6 heteroatoms. The van der Waals surface area contributed by atoms with Gasteiger partial charge in [-0.15, -0.1) is 0 Å². The maximum atomic E-state index is 13.2. The minimum atomic E-state index is -4.26. The van der Waals surface area contributed by atoms with Crippen molar-refractivity contribution in [3.05, 3.63) is 0 Å². The number of amides is 1. The average Bonchev–Trinajstić information content (AvgIpc) is 2.48. The van der Waals surface area contributed by atoms with Crippen molar-refractivity contribution < 1.29 is 18.0 Å². The Bertz CT molecular complexity index is 353. The van der Waals surface area contributed by atoms with Crippen LogP contribution in [0.2, 0.25) is 0 Å². The largest absolute Gasteiger partial charge is 0.392 e. The Labute approximate surface area is 124 Å². The molecule has 1 amide bonds. The third-order valence-corrected chi connectivity index (χ3v) is 4.84. The zero-order valence-electron chi connectivity index (χ0n) is 12.6. The van der Waals surface area contributed by atoms with Crippen LogP contribution in [0.1, 0.15) is 45.4 Å². The molecule has 2 fully saturated rings. The van der Waals surface area contributed by atoms with Crippen molar-refractivity contribution in [2.45, 2.75) is 57.7 Å². The van der Waals surface area contributed by atoms with E-state index in [0.717, 1.165) is 25.8 Å². The van der Waals surface area contributed by atoms with Crippen LogP contribution < -0.4 is 5.32 Å². The van der Waals surface area contributed by atoms with Crippen molar-refractivity contribution in [2.75, 3.05) is 19.6 Å². The second-order valence-corrected chi connectivity index (χ2v) is 6.16. The molecule has 3 nitrogen and oxygen atoms in total. The molecule has 1 aliphatic heterocycles. The Morgan fingerprint density at radius 2 is 1.90 bits per heavy atom. The number of carbonyl (C=O) groups is 1. The molecule has 0 spiro atoms. The number of alkyl halides is 3. The van der Waals surface area contributed by atoms with Crippen LogP contribution in [0, 0.1) is 11.8 Å². The van der Waals surface area contributed by atoms with Crippen molar-refractivity contribution in [2.24, 2.45) is 11.8 Å². The lowest BCUT2D eigenvalue weighted by Crippen LogP contribution is -2.52. The van der Waals surface area contributed by atoms with E-state index in [1.54, 1.807) is 4.90 Å². The van der Waals surface area contributed by atoms with Gasteiger partial charge in [-0.05, 0) is 39.2 Å². The predicted molar refractivity (Wildman–Crippen MR) is 74.8 cm³/mol. The first-order valence-electron chi connectivity index (χ1n) is 8.03. The van der Waals surface area contributed by atoms with E-state index >= 15 is 0 Å². The van der Waals surface area contributed by atoms with Crippen LogP contribution in [0.15, 0.2) is 0 Å². The summed E-state index contributed by atoms with van der Waals surface area (Å²) in [6.45, 7) is 3.98. The van der Waals surface area contributed by atoms with Gasteiger partial charge in [-0.2, -0.15) is 13.2 Å². The Morgan fingerprint density at radius 3 is 2.48 bits per heavy atom. The number of nitrogens with zero attached hydrogens (tertiary/aromatic N) is 1. The molecule has 2 rings (SSSR count). The van der Waals surface area contributed by atoms with Crippen molar-refractivity contribution in [1.82, 2.24) is 10.2 Å². The van der Waals surface area contributed by atoms with Gasteiger partial charge in [0.05, 0.1) is 5.92 Å². The lowest BCUT2D eigenvalue weighted by atomic mass is 9.77. The predicted octanol–water partition coefficient (Wildman–Crippen LogP) is 2.96. The first kappa shape index (κ1) is 16.6. The zero-order valence-corrected chi connectivity index (χ0v) is 12.6. The van der Waals surface area contributed by atoms with Crippen LogP contribution in [0.25, 0.3) is 0 Å². The highest BCUT2D eigenvalue weighted by atomic mass is 19.4. The van der Waals surface area contributed by atoms with Crippen LogP contribution in [-0.4, -0.2) is 42.7 Å². The molecule has 1 saturated heterocycles. The third kappa shape index (κ3) is 3.90. The van der Waals surface area contributed by atoms with Gasteiger partial charge in [0.1, 0.15) is 0 Å². The summed E-state index contributed by atoms with van der Waals surface area (Å²) in [5, 5.41) is 3.23. The number of rotatable bonds is 3. The molecular weight excluding hydrogens is 281 g/mol. The van der Waals surface area contributed by atoms with Gasteiger partial charge in [-0.3, -0.25) is 4.79 Å². The normalized spacial score (nSPS) is 31.0. The van der Waals surface area contributed by atoms with E-state index < -0.39 is 18.0 Å². The average molecular weight is 306 g/mol. The van der Waals surface area contributed by atoms with Gasteiger partial charge < -0.3 is 10.2 Å². The fourth-order valence-corrected chi connectivity index (χ4v) is 3.72. The molecule has 0 aromatic rings. The second-order valence-electron chi connectivity index (χ2n) is 6.16. The Balaban J connectivity index is 2.10. The SMILES string of the molecule is CCN(C(=O)C1CCCCC1C(F)(F)F)C1CCCNC1. The summed E-state index contributed by atoms with van der Waals surface area (Å²) < 4.78 is 39.5. The number of carbonyl (C=O) groups excluding carboxylic acids is 1. The van der Waals surface area contributed by atoms with Gasteiger partial charge in [0.2, 0.25) is 5.91 Å². The number of nitrogens with one attached hydrogen (secondary N) is 1. The molecule has 1 aliphatic carbocycles. The molecule has 0 radical (unpaired) electrons. The van der Waals surface area contributed by atoms with E-state index in [9.17, 15) is 18.0 Å². The molecule has 122 valence electrons. The zero-order chi connectivity index (χ0) is 15.5. The molecule has 0 aromatic carbocycles. The summed E-state index contributed by atoms with van der Waals surface area (Å²) in [5.74, 6) is -2.61. The van der Waals surface area contributed by atoms with Crippen molar-refractivity contribution >= 4 is 5.91 Å². The van der Waals surface area contributed by atoms with E-state index in [1.165, 1.54) is 0 Å². The number of halogens is 3. The van der Waals surface area contributed by atoms with Crippen LogP contribution >= 0.6 is 0 Å². The van der Waals surface area contributed by atoms with E-state index in [-0.39, 0.29) is 18.4 Å². The van der Waals surface area contributed by atoms with E-state index in [0.29, 0.717) is 25.9 Å². The smallest absolute Gasteiger partial charge is 0.338 e. The number of hydrogen-bond acceptors (Lipinski definition) is 2. The fraction of sp³-hybridized carbons (Fsp3) is 0.933. The van der Waals surface area contributed by atoms with Gasteiger partial charge in [-0.25, -0.2) is 0 Å². The monoisotopic (exact) mass is 306 g/mol. The molecule has 3 atom stereocenters. The first-order valence-corrected chi connectivity index (χ1v) is 8.03. The van der Waals surface area contributed by atoms with Crippen molar-refractivity contribution in [3.8, 4) is 0 Å². The molecule has 3 unspecified atom stereocenters. The van der Waals surface area contributed by atoms with E-state index in [1.807, 2.05) is 6.92 Å². The third-order valence-electron chi connectivity index (χ3n) is 4.84. The van der Waals surface area contributed by atoms with Gasteiger partial charge in [0, 0.05) is 25.0 Å². The van der Waals surface area contributed by atoms with E-state index in [4.69, 9.17) is 0 Å². The number of likely N-dealkylation sites (N-methyl/N-ethyl adjacent to an activating group) is 1. The van der Waals surface area contributed by atoms with Crippen LogP contribution in [0.4, 0.5) is 13.2 Å². The van der Waals surface area contributed by atoms with Crippen LogP contribution in [0.5, 0.6) is 0 Å². The minimum absolute atomic E-state index is 0.0482. The highest BCUT2D eigenvalue weighted by Crippen LogP contribution is 2.42. The molecule has 1 saturated carbocycles. The second kappa shape index (κ2) is 6.99.